The number of carbonyl (C=O) groups is 1. The number of carboxylic acid groups (broad SMARTS) is 1. The summed E-state index contributed by atoms with van der Waals surface area (Å²) >= 11 is 1.92. The number of fused-ring (bicyclic) bond motifs is 1. The zero-order valence-corrected chi connectivity index (χ0v) is 12.5. The van der Waals surface area contributed by atoms with Crippen LogP contribution in [0, 0.1) is 13.8 Å². The smallest absolute Gasteiger partial charge is 0.323 e. The van der Waals surface area contributed by atoms with E-state index in [9.17, 15) is 9.90 Å². The summed E-state index contributed by atoms with van der Waals surface area (Å²) in [6.45, 7) is 4.11. The van der Waals surface area contributed by atoms with Crippen LogP contribution in [0.1, 0.15) is 29.3 Å². The van der Waals surface area contributed by atoms with Crippen molar-refractivity contribution in [1.82, 2.24) is 9.55 Å². The molecule has 1 unspecified atom stereocenters. The molecule has 1 aromatic carbocycles. The lowest BCUT2D eigenvalue weighted by Gasteiger charge is -2.11. The highest BCUT2D eigenvalue weighted by molar-refractivity contribution is 7.99. The lowest BCUT2D eigenvalue weighted by atomic mass is 10.1. The van der Waals surface area contributed by atoms with E-state index < -0.39 is 5.97 Å². The highest BCUT2D eigenvalue weighted by Crippen LogP contribution is 2.34. The summed E-state index contributed by atoms with van der Waals surface area (Å²) in [7, 11) is 0. The molecule has 106 valence electrons. The molecule has 1 fully saturated rings. The van der Waals surface area contributed by atoms with Crippen molar-refractivity contribution in [1.29, 1.82) is 0 Å². The van der Waals surface area contributed by atoms with Gasteiger partial charge in [0, 0.05) is 11.7 Å². The number of aromatic nitrogens is 2. The summed E-state index contributed by atoms with van der Waals surface area (Å²) in [5, 5.41) is 9.18. The number of imidazole rings is 1. The lowest BCUT2D eigenvalue weighted by Crippen LogP contribution is -2.14. The number of aliphatic carboxylic acids is 1. The molecule has 1 aliphatic heterocycles. The van der Waals surface area contributed by atoms with Crippen LogP contribution in [-0.2, 0) is 11.3 Å². The number of benzene rings is 1. The SMILES string of the molecule is Cc1cc2nc(C3CCSC3)n(CC(=O)O)c2cc1C. The highest BCUT2D eigenvalue weighted by Gasteiger charge is 2.25. The first-order valence-electron chi connectivity index (χ1n) is 6.83. The van der Waals surface area contributed by atoms with Crippen molar-refractivity contribution in [3.63, 3.8) is 0 Å². The van der Waals surface area contributed by atoms with E-state index >= 15 is 0 Å². The van der Waals surface area contributed by atoms with E-state index in [0.29, 0.717) is 5.92 Å². The largest absolute Gasteiger partial charge is 0.480 e. The third-order valence-electron chi connectivity index (χ3n) is 3.98. The van der Waals surface area contributed by atoms with E-state index in [-0.39, 0.29) is 6.54 Å². The summed E-state index contributed by atoms with van der Waals surface area (Å²) in [5.74, 6) is 2.69. The number of rotatable bonds is 3. The van der Waals surface area contributed by atoms with Crippen LogP contribution >= 0.6 is 11.8 Å². The van der Waals surface area contributed by atoms with Gasteiger partial charge >= 0.3 is 5.97 Å². The molecule has 1 aromatic heterocycles. The van der Waals surface area contributed by atoms with E-state index in [1.54, 1.807) is 0 Å². The van der Waals surface area contributed by atoms with E-state index in [1.165, 1.54) is 11.1 Å². The molecule has 3 rings (SSSR count). The standard InChI is InChI=1S/C15H18N2O2S/c1-9-5-12-13(6-10(9)2)17(7-14(18)19)15(16-12)11-3-4-20-8-11/h5-6,11H,3-4,7-8H2,1-2H3,(H,18,19). The number of carboxylic acids is 1. The van der Waals surface area contributed by atoms with Gasteiger partial charge in [0.1, 0.15) is 12.4 Å². The van der Waals surface area contributed by atoms with Gasteiger partial charge in [-0.1, -0.05) is 0 Å². The molecule has 0 spiro atoms. The molecule has 1 N–H and O–H groups in total. The molecule has 0 saturated carbocycles. The summed E-state index contributed by atoms with van der Waals surface area (Å²) < 4.78 is 1.89. The van der Waals surface area contributed by atoms with Crippen molar-refractivity contribution in [3.8, 4) is 0 Å². The Balaban J connectivity index is 2.18. The zero-order chi connectivity index (χ0) is 14.3. The highest BCUT2D eigenvalue weighted by atomic mass is 32.2. The maximum absolute atomic E-state index is 11.2. The molecule has 1 saturated heterocycles. The average molecular weight is 290 g/mol. The van der Waals surface area contributed by atoms with Crippen molar-refractivity contribution in [2.45, 2.75) is 32.7 Å². The number of nitrogens with zero attached hydrogens (tertiary/aromatic N) is 2. The minimum Gasteiger partial charge on any atom is -0.480 e. The van der Waals surface area contributed by atoms with Crippen molar-refractivity contribution < 1.29 is 9.90 Å². The Morgan fingerprint density at radius 2 is 2.20 bits per heavy atom. The molecule has 2 aromatic rings. The third-order valence-corrected chi connectivity index (χ3v) is 5.14. The normalized spacial score (nSPS) is 18.8. The van der Waals surface area contributed by atoms with Crippen LogP contribution in [0.15, 0.2) is 12.1 Å². The van der Waals surface area contributed by atoms with Crippen molar-refractivity contribution >= 4 is 28.8 Å². The lowest BCUT2D eigenvalue weighted by molar-refractivity contribution is -0.137. The van der Waals surface area contributed by atoms with Gasteiger partial charge in [0.2, 0.25) is 0 Å². The number of aryl methyl sites for hydroxylation is 2. The minimum atomic E-state index is -0.811. The summed E-state index contributed by atoms with van der Waals surface area (Å²) in [6.07, 6.45) is 1.09. The van der Waals surface area contributed by atoms with Gasteiger partial charge in [-0.25, -0.2) is 4.98 Å². The molecule has 0 bridgehead atoms. The van der Waals surface area contributed by atoms with Gasteiger partial charge in [0.15, 0.2) is 0 Å². The predicted octanol–water partition coefficient (Wildman–Crippen LogP) is 2.96. The van der Waals surface area contributed by atoms with E-state index in [4.69, 9.17) is 4.98 Å². The maximum Gasteiger partial charge on any atom is 0.323 e. The second-order valence-corrected chi connectivity index (χ2v) is 6.59. The monoisotopic (exact) mass is 290 g/mol. The molecular formula is C15H18N2O2S. The van der Waals surface area contributed by atoms with Gasteiger partial charge in [-0.3, -0.25) is 4.79 Å². The van der Waals surface area contributed by atoms with Gasteiger partial charge < -0.3 is 9.67 Å². The Labute approximate surface area is 122 Å². The third kappa shape index (κ3) is 2.30. The van der Waals surface area contributed by atoms with Crippen LogP contribution in [-0.4, -0.2) is 32.1 Å². The van der Waals surface area contributed by atoms with Crippen LogP contribution in [0.4, 0.5) is 0 Å². The quantitative estimate of drug-likeness (QED) is 0.944. The molecule has 1 aliphatic rings. The Hall–Kier alpha value is -1.49. The molecule has 0 aliphatic carbocycles. The van der Waals surface area contributed by atoms with E-state index in [0.717, 1.165) is 34.8 Å². The zero-order valence-electron chi connectivity index (χ0n) is 11.7. The minimum absolute atomic E-state index is 0.00446. The van der Waals surface area contributed by atoms with Gasteiger partial charge in [-0.05, 0) is 49.3 Å². The summed E-state index contributed by atoms with van der Waals surface area (Å²) in [4.78, 5) is 15.9. The maximum atomic E-state index is 11.2. The van der Waals surface area contributed by atoms with Crippen LogP contribution in [0.5, 0.6) is 0 Å². The number of hydrogen-bond acceptors (Lipinski definition) is 3. The molecule has 4 nitrogen and oxygen atoms in total. The fraction of sp³-hybridized carbons (Fsp3) is 0.467. The molecule has 0 radical (unpaired) electrons. The second-order valence-electron chi connectivity index (χ2n) is 5.44. The van der Waals surface area contributed by atoms with Crippen LogP contribution < -0.4 is 0 Å². The number of thioether (sulfide) groups is 1. The van der Waals surface area contributed by atoms with E-state index in [2.05, 4.69) is 26.0 Å². The van der Waals surface area contributed by atoms with Gasteiger partial charge in [-0.15, -0.1) is 0 Å². The molecule has 2 heterocycles. The Bertz CT molecular complexity index is 672. The average Bonchev–Trinajstić information content (AvgIpc) is 2.99. The second kappa shape index (κ2) is 5.13. The summed E-state index contributed by atoms with van der Waals surface area (Å²) in [5.41, 5.74) is 4.24. The van der Waals surface area contributed by atoms with Crippen molar-refractivity contribution in [2.24, 2.45) is 0 Å². The van der Waals surface area contributed by atoms with E-state index in [1.807, 2.05) is 16.3 Å². The van der Waals surface area contributed by atoms with Gasteiger partial charge in [-0.2, -0.15) is 11.8 Å². The Morgan fingerprint density at radius 3 is 2.85 bits per heavy atom. The first-order chi connectivity index (χ1) is 9.56. The topological polar surface area (TPSA) is 55.1 Å². The summed E-state index contributed by atoms with van der Waals surface area (Å²) in [6, 6.07) is 4.13. The molecular weight excluding hydrogens is 272 g/mol. The van der Waals surface area contributed by atoms with Gasteiger partial charge in [0.25, 0.3) is 0 Å². The van der Waals surface area contributed by atoms with Crippen LogP contribution in [0.25, 0.3) is 11.0 Å². The fourth-order valence-corrected chi connectivity index (χ4v) is 3.97. The molecule has 20 heavy (non-hydrogen) atoms. The molecule has 0 amide bonds. The number of hydrogen-bond donors (Lipinski definition) is 1. The van der Waals surface area contributed by atoms with Crippen LogP contribution in [0.3, 0.4) is 0 Å². The first-order valence-corrected chi connectivity index (χ1v) is 7.98. The Kier molecular flexibility index (Phi) is 3.46. The van der Waals surface area contributed by atoms with Crippen molar-refractivity contribution in [2.75, 3.05) is 11.5 Å². The van der Waals surface area contributed by atoms with Crippen LogP contribution in [0.2, 0.25) is 0 Å². The predicted molar refractivity (Wildman–Crippen MR) is 81.5 cm³/mol. The molecule has 5 heteroatoms. The van der Waals surface area contributed by atoms with Gasteiger partial charge in [0.05, 0.1) is 11.0 Å². The first kappa shape index (κ1) is 13.5. The molecule has 1 atom stereocenters. The fourth-order valence-electron chi connectivity index (χ4n) is 2.75. The Morgan fingerprint density at radius 1 is 1.45 bits per heavy atom. The van der Waals surface area contributed by atoms with Crippen molar-refractivity contribution in [3.05, 3.63) is 29.1 Å².